The molecule has 0 aromatic heterocycles. The lowest BCUT2D eigenvalue weighted by atomic mass is 9.92. The Morgan fingerprint density at radius 1 is 0.971 bits per heavy atom. The Balaban J connectivity index is 1.67. The van der Waals surface area contributed by atoms with Gasteiger partial charge in [-0.3, -0.25) is 14.4 Å². The smallest absolute Gasteiger partial charge is 0.323 e. The molecule has 0 saturated heterocycles. The molecule has 4 rings (SSSR count). The fourth-order valence-corrected chi connectivity index (χ4v) is 4.21. The maximum atomic E-state index is 13.7. The van der Waals surface area contributed by atoms with Gasteiger partial charge in [0, 0.05) is 25.1 Å². The van der Waals surface area contributed by atoms with Gasteiger partial charge in [0.1, 0.15) is 18.4 Å². The number of fused-ring (bicyclic) bond motifs is 1. The highest BCUT2D eigenvalue weighted by atomic mass is 19.1. The first-order valence-corrected chi connectivity index (χ1v) is 11.0. The van der Waals surface area contributed by atoms with Gasteiger partial charge >= 0.3 is 5.97 Å². The largest absolute Gasteiger partial charge is 0.480 e. The minimum Gasteiger partial charge on any atom is -0.480 e. The second-order valence-electron chi connectivity index (χ2n) is 8.50. The van der Waals surface area contributed by atoms with Crippen LogP contribution in [-0.4, -0.2) is 45.3 Å². The summed E-state index contributed by atoms with van der Waals surface area (Å²) < 4.78 is 13.3. The molecular formula is C27H25FN2O4. The molecule has 1 aliphatic heterocycles. The van der Waals surface area contributed by atoms with Gasteiger partial charge < -0.3 is 14.9 Å². The first-order valence-electron chi connectivity index (χ1n) is 11.0. The zero-order valence-electron chi connectivity index (χ0n) is 18.8. The van der Waals surface area contributed by atoms with Crippen LogP contribution in [0.2, 0.25) is 0 Å². The summed E-state index contributed by atoms with van der Waals surface area (Å²) >= 11 is 0. The molecule has 1 N–H and O–H groups in total. The van der Waals surface area contributed by atoms with Crippen molar-refractivity contribution >= 4 is 17.8 Å². The van der Waals surface area contributed by atoms with Crippen molar-refractivity contribution in [1.82, 2.24) is 9.80 Å². The van der Waals surface area contributed by atoms with Crippen LogP contribution in [0.5, 0.6) is 0 Å². The molecule has 0 fully saturated rings. The maximum absolute atomic E-state index is 13.7. The average Bonchev–Trinajstić information content (AvgIpc) is 2.83. The highest BCUT2D eigenvalue weighted by molar-refractivity contribution is 5.98. The SMILES string of the molecule is Cc1ccc(C(=O)N2Cc3ccccc3C[C@@H]2C(=O)N(CC(=O)O)Cc2ccc(F)cc2)cc1. The molecule has 0 radical (unpaired) electrons. The predicted octanol–water partition coefficient (Wildman–Crippen LogP) is 3.81. The maximum Gasteiger partial charge on any atom is 0.323 e. The second kappa shape index (κ2) is 9.87. The van der Waals surface area contributed by atoms with Gasteiger partial charge in [0.25, 0.3) is 5.91 Å². The number of nitrogens with zero attached hydrogens (tertiary/aromatic N) is 2. The average molecular weight is 461 g/mol. The Morgan fingerprint density at radius 2 is 1.62 bits per heavy atom. The van der Waals surface area contributed by atoms with E-state index in [-0.39, 0.29) is 25.4 Å². The van der Waals surface area contributed by atoms with E-state index in [1.165, 1.54) is 34.1 Å². The molecule has 7 heteroatoms. The molecule has 0 unspecified atom stereocenters. The predicted molar refractivity (Wildman–Crippen MR) is 124 cm³/mol. The highest BCUT2D eigenvalue weighted by Crippen LogP contribution is 2.27. The highest BCUT2D eigenvalue weighted by Gasteiger charge is 2.37. The number of amides is 2. The van der Waals surface area contributed by atoms with Crippen LogP contribution in [0, 0.1) is 12.7 Å². The zero-order valence-corrected chi connectivity index (χ0v) is 18.8. The number of hydrogen-bond donors (Lipinski definition) is 1. The van der Waals surface area contributed by atoms with Gasteiger partial charge in [-0.15, -0.1) is 0 Å². The number of halogens is 1. The van der Waals surface area contributed by atoms with Crippen molar-refractivity contribution in [3.8, 4) is 0 Å². The quantitative estimate of drug-likeness (QED) is 0.607. The Labute approximate surface area is 197 Å². The monoisotopic (exact) mass is 460 g/mol. The summed E-state index contributed by atoms with van der Waals surface area (Å²) in [6.07, 6.45) is 0.284. The number of benzene rings is 3. The number of carbonyl (C=O) groups is 3. The summed E-state index contributed by atoms with van der Waals surface area (Å²) in [7, 11) is 0. The standard InChI is InChI=1S/C27H25FN2O4/c1-18-6-10-20(11-7-18)26(33)30-16-22-5-3-2-4-21(22)14-24(30)27(34)29(17-25(31)32)15-19-8-12-23(28)13-9-19/h2-13,24H,14-17H2,1H3,(H,31,32)/t24-/m1/s1. The first-order chi connectivity index (χ1) is 16.3. The molecule has 34 heavy (non-hydrogen) atoms. The molecular weight excluding hydrogens is 435 g/mol. The Morgan fingerprint density at radius 3 is 2.26 bits per heavy atom. The summed E-state index contributed by atoms with van der Waals surface area (Å²) in [6, 6.07) is 19.5. The van der Waals surface area contributed by atoms with E-state index >= 15 is 0 Å². The summed E-state index contributed by atoms with van der Waals surface area (Å²) in [5.41, 5.74) is 3.98. The van der Waals surface area contributed by atoms with Crippen molar-refractivity contribution in [1.29, 1.82) is 0 Å². The van der Waals surface area contributed by atoms with Crippen molar-refractivity contribution in [3.05, 3.63) is 106 Å². The van der Waals surface area contributed by atoms with Crippen molar-refractivity contribution in [2.45, 2.75) is 32.5 Å². The van der Waals surface area contributed by atoms with Crippen LogP contribution in [0.15, 0.2) is 72.8 Å². The normalized spacial score (nSPS) is 14.9. The van der Waals surface area contributed by atoms with Gasteiger partial charge in [-0.25, -0.2) is 4.39 Å². The van der Waals surface area contributed by atoms with Gasteiger partial charge in [-0.2, -0.15) is 0 Å². The molecule has 3 aromatic carbocycles. The Bertz CT molecular complexity index is 1210. The van der Waals surface area contributed by atoms with E-state index in [1.54, 1.807) is 12.1 Å². The number of rotatable bonds is 6. The van der Waals surface area contributed by atoms with Crippen LogP contribution < -0.4 is 0 Å². The Kier molecular flexibility index (Phi) is 6.72. The third-order valence-corrected chi connectivity index (χ3v) is 6.02. The minimum absolute atomic E-state index is 0.00385. The van der Waals surface area contributed by atoms with E-state index in [9.17, 15) is 23.9 Å². The molecule has 0 saturated carbocycles. The third-order valence-electron chi connectivity index (χ3n) is 6.02. The van der Waals surface area contributed by atoms with E-state index in [4.69, 9.17) is 0 Å². The molecule has 0 spiro atoms. The van der Waals surface area contributed by atoms with Crippen molar-refractivity contribution in [2.75, 3.05) is 6.54 Å². The lowest BCUT2D eigenvalue weighted by molar-refractivity contribution is -0.147. The fourth-order valence-electron chi connectivity index (χ4n) is 4.21. The van der Waals surface area contributed by atoms with E-state index < -0.39 is 30.3 Å². The third kappa shape index (κ3) is 5.14. The van der Waals surface area contributed by atoms with Gasteiger partial charge in [-0.05, 0) is 47.9 Å². The van der Waals surface area contributed by atoms with Crippen molar-refractivity contribution in [3.63, 3.8) is 0 Å². The minimum atomic E-state index is -1.16. The number of carbonyl (C=O) groups excluding carboxylic acids is 2. The van der Waals surface area contributed by atoms with E-state index in [2.05, 4.69) is 0 Å². The summed E-state index contributed by atoms with van der Waals surface area (Å²) in [4.78, 5) is 41.5. The molecule has 0 bridgehead atoms. The van der Waals surface area contributed by atoms with Crippen LogP contribution in [-0.2, 0) is 29.1 Å². The van der Waals surface area contributed by atoms with Crippen molar-refractivity contribution in [2.24, 2.45) is 0 Å². The second-order valence-corrected chi connectivity index (χ2v) is 8.50. The van der Waals surface area contributed by atoms with Crippen LogP contribution >= 0.6 is 0 Å². The number of aryl methyl sites for hydroxylation is 1. The molecule has 1 atom stereocenters. The van der Waals surface area contributed by atoms with E-state index in [0.29, 0.717) is 11.1 Å². The van der Waals surface area contributed by atoms with Gasteiger partial charge in [0.05, 0.1) is 0 Å². The summed E-state index contributed by atoms with van der Waals surface area (Å²) in [5, 5.41) is 9.46. The molecule has 3 aromatic rings. The van der Waals surface area contributed by atoms with Crippen molar-refractivity contribution < 1.29 is 23.9 Å². The van der Waals surface area contributed by atoms with Gasteiger partial charge in [-0.1, -0.05) is 54.1 Å². The van der Waals surface area contributed by atoms with Crippen LogP contribution in [0.1, 0.15) is 32.6 Å². The molecule has 2 amide bonds. The lowest BCUT2D eigenvalue weighted by Gasteiger charge is -2.38. The van der Waals surface area contributed by atoms with E-state index in [1.807, 2.05) is 43.3 Å². The molecule has 1 heterocycles. The first kappa shape index (κ1) is 23.2. The van der Waals surface area contributed by atoms with Crippen LogP contribution in [0.25, 0.3) is 0 Å². The van der Waals surface area contributed by atoms with Crippen LogP contribution in [0.4, 0.5) is 4.39 Å². The Hall–Kier alpha value is -4.00. The molecule has 0 aliphatic carbocycles. The van der Waals surface area contributed by atoms with Gasteiger partial charge in [0.15, 0.2) is 0 Å². The number of carboxylic acid groups (broad SMARTS) is 1. The number of carboxylic acids is 1. The molecule has 6 nitrogen and oxygen atoms in total. The van der Waals surface area contributed by atoms with Gasteiger partial charge in [0.2, 0.25) is 5.91 Å². The fraction of sp³-hybridized carbons (Fsp3) is 0.222. The topological polar surface area (TPSA) is 77.9 Å². The number of hydrogen-bond acceptors (Lipinski definition) is 3. The zero-order chi connectivity index (χ0) is 24.2. The molecule has 174 valence electrons. The summed E-state index contributed by atoms with van der Waals surface area (Å²) in [6.45, 7) is 1.64. The molecule has 1 aliphatic rings. The lowest BCUT2D eigenvalue weighted by Crippen LogP contribution is -2.54. The summed E-state index contributed by atoms with van der Waals surface area (Å²) in [5.74, 6) is -2.33. The number of aliphatic carboxylic acids is 1. The van der Waals surface area contributed by atoms with Crippen LogP contribution in [0.3, 0.4) is 0 Å². The van der Waals surface area contributed by atoms with E-state index in [0.717, 1.165) is 16.7 Å².